The van der Waals surface area contributed by atoms with Crippen LogP contribution in [0.15, 0.2) is 29.6 Å². The molecule has 8 heteroatoms. The second kappa shape index (κ2) is 9.75. The monoisotopic (exact) mass is 397 g/mol. The Bertz CT molecular complexity index is 717. The summed E-state index contributed by atoms with van der Waals surface area (Å²) in [6, 6.07) is 7.29. The van der Waals surface area contributed by atoms with Gasteiger partial charge in [0.1, 0.15) is 16.5 Å². The fourth-order valence-corrected chi connectivity index (χ4v) is 3.56. The Morgan fingerprint density at radius 1 is 1.23 bits per heavy atom. The van der Waals surface area contributed by atoms with Gasteiger partial charge in [0.25, 0.3) is 5.91 Å². The summed E-state index contributed by atoms with van der Waals surface area (Å²) in [6.45, 7) is 6.11. The van der Waals surface area contributed by atoms with Crippen molar-refractivity contribution < 1.29 is 14.3 Å². The van der Waals surface area contributed by atoms with Gasteiger partial charge < -0.3 is 14.4 Å². The molecule has 0 bridgehead atoms. The van der Waals surface area contributed by atoms with Gasteiger partial charge in [0.15, 0.2) is 6.61 Å². The van der Waals surface area contributed by atoms with E-state index in [-0.39, 0.29) is 24.9 Å². The second-order valence-electron chi connectivity index (χ2n) is 6.01. The van der Waals surface area contributed by atoms with Crippen LogP contribution in [0, 0.1) is 6.92 Å². The van der Waals surface area contributed by atoms with E-state index >= 15 is 0 Å². The highest BCUT2D eigenvalue weighted by atomic mass is 35.5. The van der Waals surface area contributed by atoms with Gasteiger partial charge in [0, 0.05) is 43.3 Å². The van der Waals surface area contributed by atoms with Crippen molar-refractivity contribution in [3.63, 3.8) is 0 Å². The summed E-state index contributed by atoms with van der Waals surface area (Å²) in [5, 5.41) is 3.21. The number of halogens is 1. The van der Waals surface area contributed by atoms with E-state index in [4.69, 9.17) is 9.47 Å². The number of aromatic nitrogens is 1. The lowest BCUT2D eigenvalue weighted by atomic mass is 10.3. The molecule has 0 spiro atoms. The number of aryl methyl sites for hydroxylation is 1. The van der Waals surface area contributed by atoms with Crippen molar-refractivity contribution >= 4 is 29.7 Å². The molecule has 1 aliphatic rings. The molecule has 26 heavy (non-hydrogen) atoms. The van der Waals surface area contributed by atoms with Crippen LogP contribution in [0.2, 0.25) is 0 Å². The summed E-state index contributed by atoms with van der Waals surface area (Å²) >= 11 is 1.70. The lowest BCUT2D eigenvalue weighted by Gasteiger charge is -2.34. The number of carbonyl (C=O) groups excluding carboxylic acids is 1. The van der Waals surface area contributed by atoms with Gasteiger partial charge in [-0.1, -0.05) is 6.07 Å². The first-order valence-electron chi connectivity index (χ1n) is 8.32. The zero-order valence-corrected chi connectivity index (χ0v) is 16.6. The Morgan fingerprint density at radius 2 is 1.96 bits per heavy atom. The van der Waals surface area contributed by atoms with E-state index < -0.39 is 0 Å². The Hall–Kier alpha value is -1.83. The van der Waals surface area contributed by atoms with Gasteiger partial charge in [-0.05, 0) is 19.1 Å². The molecule has 0 N–H and O–H groups in total. The molecule has 1 aromatic heterocycles. The first-order valence-corrected chi connectivity index (χ1v) is 9.20. The second-order valence-corrected chi connectivity index (χ2v) is 6.95. The molecular weight excluding hydrogens is 374 g/mol. The maximum Gasteiger partial charge on any atom is 0.260 e. The van der Waals surface area contributed by atoms with E-state index in [0.717, 1.165) is 49.2 Å². The van der Waals surface area contributed by atoms with Crippen LogP contribution in [0.5, 0.6) is 11.5 Å². The molecule has 1 amide bonds. The van der Waals surface area contributed by atoms with Gasteiger partial charge in [0.05, 0.1) is 13.7 Å². The smallest absolute Gasteiger partial charge is 0.260 e. The number of piperazine rings is 1. The van der Waals surface area contributed by atoms with E-state index in [1.807, 2.05) is 30.0 Å². The first kappa shape index (κ1) is 20.5. The molecule has 2 heterocycles. The Morgan fingerprint density at radius 3 is 2.62 bits per heavy atom. The standard InChI is InChI=1S/C18H23N3O3S.ClH/c1-14-13-25-17(19-14)11-20-6-8-21(9-7-20)18(22)12-24-16-5-3-4-15(10-16)23-2;/h3-5,10,13H,6-9,11-12H2,1-2H3;1H. The predicted octanol–water partition coefficient (Wildman–Crippen LogP) is 2.61. The molecule has 2 aromatic rings. The molecule has 1 fully saturated rings. The van der Waals surface area contributed by atoms with E-state index in [1.54, 1.807) is 24.5 Å². The average molecular weight is 398 g/mol. The summed E-state index contributed by atoms with van der Waals surface area (Å²) in [6.07, 6.45) is 0. The highest BCUT2D eigenvalue weighted by Gasteiger charge is 2.22. The van der Waals surface area contributed by atoms with Crippen molar-refractivity contribution in [2.24, 2.45) is 0 Å². The molecule has 0 unspecified atom stereocenters. The summed E-state index contributed by atoms with van der Waals surface area (Å²) < 4.78 is 10.8. The van der Waals surface area contributed by atoms with E-state index in [0.29, 0.717) is 5.75 Å². The summed E-state index contributed by atoms with van der Waals surface area (Å²) in [5.74, 6) is 1.38. The predicted molar refractivity (Wildman–Crippen MR) is 104 cm³/mol. The third-order valence-corrected chi connectivity index (χ3v) is 5.11. The molecule has 0 radical (unpaired) electrons. The molecule has 1 aliphatic heterocycles. The van der Waals surface area contributed by atoms with Crippen molar-refractivity contribution in [1.29, 1.82) is 0 Å². The molecule has 3 rings (SSSR count). The average Bonchev–Trinajstić information content (AvgIpc) is 3.05. The lowest BCUT2D eigenvalue weighted by Crippen LogP contribution is -2.49. The number of nitrogens with zero attached hydrogens (tertiary/aromatic N) is 3. The number of methoxy groups -OCH3 is 1. The lowest BCUT2D eigenvalue weighted by molar-refractivity contribution is -0.135. The SMILES string of the molecule is COc1cccc(OCC(=O)N2CCN(Cc3nc(C)cs3)CC2)c1.Cl. The molecule has 0 saturated carbocycles. The molecular formula is C18H24ClN3O3S. The van der Waals surface area contributed by atoms with Gasteiger partial charge in [0.2, 0.25) is 0 Å². The molecule has 6 nitrogen and oxygen atoms in total. The van der Waals surface area contributed by atoms with Crippen molar-refractivity contribution in [1.82, 2.24) is 14.8 Å². The van der Waals surface area contributed by atoms with Gasteiger partial charge in [-0.3, -0.25) is 9.69 Å². The van der Waals surface area contributed by atoms with Crippen molar-refractivity contribution in [3.05, 3.63) is 40.3 Å². The first-order chi connectivity index (χ1) is 12.1. The van der Waals surface area contributed by atoms with Crippen LogP contribution in [-0.4, -0.2) is 60.6 Å². The van der Waals surface area contributed by atoms with Gasteiger partial charge in [-0.15, -0.1) is 23.7 Å². The number of rotatable bonds is 6. The molecule has 1 aromatic carbocycles. The summed E-state index contributed by atoms with van der Waals surface area (Å²) in [4.78, 5) is 21.0. The fourth-order valence-electron chi connectivity index (χ4n) is 2.75. The van der Waals surface area contributed by atoms with Crippen LogP contribution >= 0.6 is 23.7 Å². The summed E-state index contributed by atoms with van der Waals surface area (Å²) in [7, 11) is 1.61. The minimum atomic E-state index is 0. The molecule has 0 aliphatic carbocycles. The minimum Gasteiger partial charge on any atom is -0.497 e. The van der Waals surface area contributed by atoms with Gasteiger partial charge in [-0.2, -0.15) is 0 Å². The third kappa shape index (κ3) is 5.59. The van der Waals surface area contributed by atoms with Gasteiger partial charge in [-0.25, -0.2) is 4.98 Å². The highest BCUT2D eigenvalue weighted by Crippen LogP contribution is 2.19. The zero-order valence-electron chi connectivity index (χ0n) is 15.0. The molecule has 0 atom stereocenters. The topological polar surface area (TPSA) is 54.9 Å². The maximum atomic E-state index is 12.3. The van der Waals surface area contributed by atoms with Crippen LogP contribution in [0.25, 0.3) is 0 Å². The number of carbonyl (C=O) groups is 1. The Labute approximate surface area is 164 Å². The quantitative estimate of drug-likeness (QED) is 0.750. The van der Waals surface area contributed by atoms with Crippen molar-refractivity contribution in [3.8, 4) is 11.5 Å². The summed E-state index contributed by atoms with van der Waals surface area (Å²) in [5.41, 5.74) is 1.07. The fraction of sp³-hybridized carbons (Fsp3) is 0.444. The maximum absolute atomic E-state index is 12.3. The van der Waals surface area contributed by atoms with E-state index in [1.165, 1.54) is 0 Å². The molecule has 142 valence electrons. The third-order valence-electron chi connectivity index (χ3n) is 4.15. The number of hydrogen-bond acceptors (Lipinski definition) is 6. The molecule has 1 saturated heterocycles. The highest BCUT2D eigenvalue weighted by molar-refractivity contribution is 7.09. The Balaban J connectivity index is 0.00000243. The Kier molecular flexibility index (Phi) is 7.68. The van der Waals surface area contributed by atoms with Crippen LogP contribution in [0.4, 0.5) is 0 Å². The van der Waals surface area contributed by atoms with Crippen LogP contribution in [0.1, 0.15) is 10.7 Å². The van der Waals surface area contributed by atoms with Crippen LogP contribution in [-0.2, 0) is 11.3 Å². The number of hydrogen-bond donors (Lipinski definition) is 0. The number of thiazole rings is 1. The normalized spacial score (nSPS) is 14.6. The van der Waals surface area contributed by atoms with Crippen molar-refractivity contribution in [2.45, 2.75) is 13.5 Å². The number of amides is 1. The van der Waals surface area contributed by atoms with E-state index in [2.05, 4.69) is 15.3 Å². The van der Waals surface area contributed by atoms with Crippen molar-refractivity contribution in [2.75, 3.05) is 39.9 Å². The largest absolute Gasteiger partial charge is 0.497 e. The van der Waals surface area contributed by atoms with Crippen LogP contribution in [0.3, 0.4) is 0 Å². The van der Waals surface area contributed by atoms with E-state index in [9.17, 15) is 4.79 Å². The van der Waals surface area contributed by atoms with Crippen LogP contribution < -0.4 is 9.47 Å². The minimum absolute atomic E-state index is 0. The zero-order chi connectivity index (χ0) is 17.6. The number of ether oxygens (including phenoxy) is 2. The number of benzene rings is 1. The van der Waals surface area contributed by atoms with Gasteiger partial charge >= 0.3 is 0 Å².